The van der Waals surface area contributed by atoms with Crippen molar-refractivity contribution >= 4 is 0 Å². The van der Waals surface area contributed by atoms with Crippen LogP contribution in [0.2, 0.25) is 0 Å². The van der Waals surface area contributed by atoms with Gasteiger partial charge < -0.3 is 10.1 Å². The third-order valence-corrected chi connectivity index (χ3v) is 3.17. The van der Waals surface area contributed by atoms with Gasteiger partial charge in [0.1, 0.15) is 5.82 Å². The fourth-order valence-electron chi connectivity index (χ4n) is 1.96. The summed E-state index contributed by atoms with van der Waals surface area (Å²) in [6.07, 6.45) is 1.96. The van der Waals surface area contributed by atoms with Crippen molar-refractivity contribution in [3.63, 3.8) is 0 Å². The first kappa shape index (κ1) is 16.1. The zero-order chi connectivity index (χ0) is 14.1. The molecule has 0 aliphatic rings. The van der Waals surface area contributed by atoms with Crippen LogP contribution in [-0.2, 0) is 4.74 Å². The summed E-state index contributed by atoms with van der Waals surface area (Å²) in [5, 5.41) is 3.35. The van der Waals surface area contributed by atoms with Gasteiger partial charge in [-0.25, -0.2) is 4.39 Å². The highest BCUT2D eigenvalue weighted by Crippen LogP contribution is 2.19. The Morgan fingerprint density at radius 2 is 1.95 bits per heavy atom. The Morgan fingerprint density at radius 3 is 2.58 bits per heavy atom. The van der Waals surface area contributed by atoms with Crippen LogP contribution in [0.4, 0.5) is 4.39 Å². The molecule has 0 aliphatic carbocycles. The number of hydrogen-bond acceptors (Lipinski definition) is 2. The van der Waals surface area contributed by atoms with Crippen molar-refractivity contribution in [2.45, 2.75) is 39.7 Å². The molecule has 19 heavy (non-hydrogen) atoms. The fourth-order valence-corrected chi connectivity index (χ4v) is 1.96. The summed E-state index contributed by atoms with van der Waals surface area (Å²) in [7, 11) is 0. The third-order valence-electron chi connectivity index (χ3n) is 3.17. The van der Waals surface area contributed by atoms with Crippen LogP contribution < -0.4 is 5.32 Å². The summed E-state index contributed by atoms with van der Waals surface area (Å²) in [6, 6.07) is 7.02. The molecule has 0 fully saturated rings. The third kappa shape index (κ3) is 6.17. The van der Waals surface area contributed by atoms with E-state index in [2.05, 4.69) is 26.1 Å². The highest BCUT2D eigenvalue weighted by atomic mass is 19.1. The van der Waals surface area contributed by atoms with Crippen molar-refractivity contribution in [2.24, 2.45) is 5.92 Å². The molecule has 0 bridgehead atoms. The topological polar surface area (TPSA) is 21.3 Å². The molecule has 0 spiro atoms. The molecule has 0 aromatic heterocycles. The van der Waals surface area contributed by atoms with Crippen LogP contribution in [0.15, 0.2) is 24.3 Å². The van der Waals surface area contributed by atoms with Crippen molar-refractivity contribution in [3.8, 4) is 0 Å². The van der Waals surface area contributed by atoms with E-state index >= 15 is 0 Å². The number of rotatable bonds is 9. The monoisotopic (exact) mass is 267 g/mol. The fraction of sp³-hybridized carbons (Fsp3) is 0.625. The molecule has 1 unspecified atom stereocenters. The minimum absolute atomic E-state index is 0.0647. The van der Waals surface area contributed by atoms with Gasteiger partial charge in [-0.05, 0) is 24.8 Å². The van der Waals surface area contributed by atoms with Gasteiger partial charge in [0.2, 0.25) is 0 Å². The Kier molecular flexibility index (Phi) is 7.68. The lowest BCUT2D eigenvalue weighted by atomic mass is 10.0. The summed E-state index contributed by atoms with van der Waals surface area (Å²) in [5.74, 6) is 0.539. The van der Waals surface area contributed by atoms with E-state index in [-0.39, 0.29) is 11.9 Å². The molecule has 2 nitrogen and oxygen atoms in total. The number of benzene rings is 1. The predicted octanol–water partition coefficient (Wildman–Crippen LogP) is 3.93. The van der Waals surface area contributed by atoms with E-state index in [4.69, 9.17) is 4.74 Å². The Hall–Kier alpha value is -0.930. The number of ether oxygens (including phenoxy) is 1. The molecule has 0 saturated heterocycles. The molecule has 0 heterocycles. The number of hydrogen-bond donors (Lipinski definition) is 1. The van der Waals surface area contributed by atoms with Gasteiger partial charge in [-0.1, -0.05) is 39.0 Å². The van der Waals surface area contributed by atoms with E-state index in [0.29, 0.717) is 12.5 Å². The van der Waals surface area contributed by atoms with Crippen LogP contribution in [0, 0.1) is 11.7 Å². The predicted molar refractivity (Wildman–Crippen MR) is 77.7 cm³/mol. The molecular formula is C16H26FNO. The van der Waals surface area contributed by atoms with Gasteiger partial charge in [0, 0.05) is 24.8 Å². The summed E-state index contributed by atoms with van der Waals surface area (Å²) >= 11 is 0. The first-order valence-electron chi connectivity index (χ1n) is 7.20. The van der Waals surface area contributed by atoms with E-state index in [9.17, 15) is 4.39 Å². The molecule has 1 aromatic rings. The van der Waals surface area contributed by atoms with Crippen molar-refractivity contribution in [2.75, 3.05) is 19.8 Å². The van der Waals surface area contributed by atoms with Gasteiger partial charge in [0.05, 0.1) is 6.61 Å². The highest BCUT2D eigenvalue weighted by Gasteiger charge is 2.12. The maximum atomic E-state index is 13.7. The van der Waals surface area contributed by atoms with E-state index in [1.807, 2.05) is 12.1 Å². The first-order valence-corrected chi connectivity index (χ1v) is 7.20. The molecule has 0 radical (unpaired) electrons. The zero-order valence-electron chi connectivity index (χ0n) is 12.3. The molecule has 3 heteroatoms. The van der Waals surface area contributed by atoms with Gasteiger partial charge in [0.25, 0.3) is 0 Å². The largest absolute Gasteiger partial charge is 0.380 e. The lowest BCUT2D eigenvalue weighted by Gasteiger charge is -2.18. The summed E-state index contributed by atoms with van der Waals surface area (Å²) < 4.78 is 19.2. The molecule has 0 amide bonds. The number of nitrogens with one attached hydrogen (secondary N) is 1. The van der Waals surface area contributed by atoms with Crippen molar-refractivity contribution in [1.82, 2.24) is 5.32 Å². The Bertz CT molecular complexity index is 354. The normalized spacial score (nSPS) is 12.9. The summed E-state index contributed by atoms with van der Waals surface area (Å²) in [5.41, 5.74) is 0.743. The van der Waals surface area contributed by atoms with Gasteiger partial charge in [-0.2, -0.15) is 0 Å². The molecule has 0 saturated carbocycles. The standard InChI is InChI=1S/C16H26FNO/c1-4-16(14-7-5-6-8-15(14)17)18-10-12-19-11-9-13(2)3/h5-8,13,16,18H,4,9-12H2,1-3H3. The van der Waals surface area contributed by atoms with Crippen LogP contribution in [0.3, 0.4) is 0 Å². The van der Waals surface area contributed by atoms with Gasteiger partial charge in [0.15, 0.2) is 0 Å². The van der Waals surface area contributed by atoms with Crippen LogP contribution in [0.1, 0.15) is 45.2 Å². The van der Waals surface area contributed by atoms with E-state index in [1.54, 1.807) is 6.07 Å². The van der Waals surface area contributed by atoms with E-state index < -0.39 is 0 Å². The Balaban J connectivity index is 2.28. The average Bonchev–Trinajstić information content (AvgIpc) is 2.39. The first-order chi connectivity index (χ1) is 9.15. The van der Waals surface area contributed by atoms with Gasteiger partial charge >= 0.3 is 0 Å². The van der Waals surface area contributed by atoms with Crippen molar-refractivity contribution in [1.29, 1.82) is 0 Å². The number of halogens is 1. The Morgan fingerprint density at radius 1 is 1.21 bits per heavy atom. The second-order valence-electron chi connectivity index (χ2n) is 5.23. The van der Waals surface area contributed by atoms with E-state index in [0.717, 1.165) is 31.6 Å². The van der Waals surface area contributed by atoms with Crippen molar-refractivity contribution in [3.05, 3.63) is 35.6 Å². The van der Waals surface area contributed by atoms with Crippen LogP contribution in [-0.4, -0.2) is 19.8 Å². The van der Waals surface area contributed by atoms with Crippen LogP contribution in [0.25, 0.3) is 0 Å². The van der Waals surface area contributed by atoms with E-state index in [1.165, 1.54) is 6.07 Å². The second kappa shape index (κ2) is 9.05. The van der Waals surface area contributed by atoms with Crippen molar-refractivity contribution < 1.29 is 9.13 Å². The van der Waals surface area contributed by atoms with Gasteiger partial charge in [-0.3, -0.25) is 0 Å². The maximum Gasteiger partial charge on any atom is 0.127 e. The minimum Gasteiger partial charge on any atom is -0.380 e. The summed E-state index contributed by atoms with van der Waals surface area (Å²) in [4.78, 5) is 0. The van der Waals surface area contributed by atoms with Crippen LogP contribution in [0.5, 0.6) is 0 Å². The lowest BCUT2D eigenvalue weighted by Crippen LogP contribution is -2.25. The molecule has 1 N–H and O–H groups in total. The maximum absolute atomic E-state index is 13.7. The molecule has 1 rings (SSSR count). The highest BCUT2D eigenvalue weighted by molar-refractivity contribution is 5.20. The molecule has 0 aliphatic heterocycles. The summed E-state index contributed by atoms with van der Waals surface area (Å²) in [6.45, 7) is 8.67. The molecule has 1 atom stereocenters. The lowest BCUT2D eigenvalue weighted by molar-refractivity contribution is 0.123. The zero-order valence-corrected chi connectivity index (χ0v) is 12.3. The average molecular weight is 267 g/mol. The SMILES string of the molecule is CCC(NCCOCCC(C)C)c1ccccc1F. The van der Waals surface area contributed by atoms with Gasteiger partial charge in [-0.15, -0.1) is 0 Å². The Labute approximate surface area is 116 Å². The minimum atomic E-state index is -0.137. The molecule has 1 aromatic carbocycles. The second-order valence-corrected chi connectivity index (χ2v) is 5.23. The molecule has 108 valence electrons. The molecular weight excluding hydrogens is 241 g/mol. The van der Waals surface area contributed by atoms with Crippen LogP contribution >= 0.6 is 0 Å². The quantitative estimate of drug-likeness (QED) is 0.684. The smallest absolute Gasteiger partial charge is 0.127 e.